The van der Waals surface area contributed by atoms with E-state index in [0.29, 0.717) is 17.1 Å². The van der Waals surface area contributed by atoms with Crippen LogP contribution in [0.2, 0.25) is 0 Å². The number of hydrogen-bond donors (Lipinski definition) is 1. The maximum atomic E-state index is 6.30. The van der Waals surface area contributed by atoms with Crippen molar-refractivity contribution < 1.29 is 9.47 Å². The molecule has 20 heavy (non-hydrogen) atoms. The summed E-state index contributed by atoms with van der Waals surface area (Å²) in [4.78, 5) is 0. The van der Waals surface area contributed by atoms with Crippen molar-refractivity contribution in [3.63, 3.8) is 0 Å². The molecular weight excluding hydrogens is 250 g/mol. The van der Waals surface area contributed by atoms with Crippen LogP contribution >= 0.6 is 0 Å². The van der Waals surface area contributed by atoms with Crippen molar-refractivity contribution in [2.45, 2.75) is 12.6 Å². The van der Waals surface area contributed by atoms with E-state index in [1.165, 1.54) is 0 Å². The predicted octanol–water partition coefficient (Wildman–Crippen LogP) is 2.89. The zero-order valence-corrected chi connectivity index (χ0v) is 11.6. The van der Waals surface area contributed by atoms with Crippen LogP contribution in [-0.2, 0) is 5.72 Å². The molecule has 1 unspecified atom stereocenters. The first-order valence-corrected chi connectivity index (χ1v) is 6.25. The lowest BCUT2D eigenvalue weighted by Gasteiger charge is -2.28. The number of para-hydroxylation sites is 2. The Kier molecular flexibility index (Phi) is 3.97. The van der Waals surface area contributed by atoms with Crippen LogP contribution in [0.3, 0.4) is 0 Å². The number of methoxy groups -OCH3 is 1. The Labute approximate surface area is 119 Å². The fourth-order valence-electron chi connectivity index (χ4n) is 2.01. The van der Waals surface area contributed by atoms with Gasteiger partial charge in [0.1, 0.15) is 11.5 Å². The lowest BCUT2D eigenvalue weighted by Crippen LogP contribution is -2.39. The minimum atomic E-state index is -1.04. The molecule has 0 amide bonds. The number of nitrogens with two attached hydrogens (primary N) is 1. The van der Waals surface area contributed by atoms with Crippen molar-refractivity contribution in [1.82, 2.24) is 0 Å². The molecule has 0 aliphatic heterocycles. The van der Waals surface area contributed by atoms with Gasteiger partial charge in [-0.3, -0.25) is 5.73 Å². The van der Waals surface area contributed by atoms with Crippen LogP contribution in [0.25, 0.3) is 0 Å². The predicted molar refractivity (Wildman–Crippen MR) is 79.5 cm³/mol. The van der Waals surface area contributed by atoms with Crippen molar-refractivity contribution in [3.8, 4) is 23.8 Å². The van der Waals surface area contributed by atoms with Crippen molar-refractivity contribution in [3.05, 3.63) is 59.7 Å². The Balaban J connectivity index is 2.38. The van der Waals surface area contributed by atoms with Crippen LogP contribution in [0.1, 0.15) is 18.1 Å². The van der Waals surface area contributed by atoms with E-state index >= 15 is 0 Å². The van der Waals surface area contributed by atoms with Gasteiger partial charge in [-0.2, -0.15) is 0 Å². The Hall–Kier alpha value is -2.44. The molecule has 0 saturated carbocycles. The third-order valence-corrected chi connectivity index (χ3v) is 3.01. The topological polar surface area (TPSA) is 44.5 Å². The highest BCUT2D eigenvalue weighted by molar-refractivity contribution is 5.46. The monoisotopic (exact) mass is 267 g/mol. The van der Waals surface area contributed by atoms with Crippen molar-refractivity contribution >= 4 is 0 Å². The van der Waals surface area contributed by atoms with E-state index in [9.17, 15) is 0 Å². The average Bonchev–Trinajstić information content (AvgIpc) is 2.47. The van der Waals surface area contributed by atoms with Gasteiger partial charge in [-0.1, -0.05) is 30.2 Å². The summed E-state index contributed by atoms with van der Waals surface area (Å²) in [5.41, 5.74) is 6.68. The molecule has 2 aromatic rings. The molecule has 0 saturated heterocycles. The number of ether oxygens (including phenoxy) is 2. The smallest absolute Gasteiger partial charge is 0.185 e. The fourth-order valence-corrected chi connectivity index (χ4v) is 2.01. The molecule has 2 aromatic carbocycles. The highest BCUT2D eigenvalue weighted by Crippen LogP contribution is 2.31. The normalized spacial score (nSPS) is 13.1. The molecule has 0 heterocycles. The minimum Gasteiger partial charge on any atom is -0.496 e. The summed E-state index contributed by atoms with van der Waals surface area (Å²) in [6.45, 7) is 1.78. The van der Waals surface area contributed by atoms with Crippen LogP contribution in [-0.4, -0.2) is 7.11 Å². The second kappa shape index (κ2) is 5.68. The van der Waals surface area contributed by atoms with Crippen molar-refractivity contribution in [2.75, 3.05) is 7.11 Å². The third-order valence-electron chi connectivity index (χ3n) is 3.01. The summed E-state index contributed by atoms with van der Waals surface area (Å²) in [7, 11) is 1.60. The van der Waals surface area contributed by atoms with E-state index in [4.69, 9.17) is 21.6 Å². The van der Waals surface area contributed by atoms with Crippen LogP contribution in [0.4, 0.5) is 0 Å². The summed E-state index contributed by atoms with van der Waals surface area (Å²) in [5, 5.41) is 0. The van der Waals surface area contributed by atoms with E-state index in [1.54, 1.807) is 20.1 Å². The molecule has 0 spiro atoms. The lowest BCUT2D eigenvalue weighted by atomic mass is 10.0. The molecule has 0 fully saturated rings. The number of rotatable bonds is 4. The van der Waals surface area contributed by atoms with Gasteiger partial charge < -0.3 is 9.47 Å². The van der Waals surface area contributed by atoms with Crippen LogP contribution in [0, 0.1) is 12.3 Å². The second-order valence-electron chi connectivity index (χ2n) is 4.55. The van der Waals surface area contributed by atoms with Gasteiger partial charge in [0, 0.05) is 0 Å². The number of terminal acetylenes is 1. The first-order valence-electron chi connectivity index (χ1n) is 6.25. The average molecular weight is 267 g/mol. The van der Waals surface area contributed by atoms with Gasteiger partial charge in [-0.05, 0) is 31.2 Å². The first kappa shape index (κ1) is 14.0. The zero-order chi connectivity index (χ0) is 14.6. The number of benzene rings is 2. The van der Waals surface area contributed by atoms with Crippen LogP contribution < -0.4 is 15.2 Å². The molecule has 1 atom stereocenters. The first-order chi connectivity index (χ1) is 9.58. The Bertz CT molecular complexity index is 641. The Morgan fingerprint density at radius 3 is 2.30 bits per heavy atom. The summed E-state index contributed by atoms with van der Waals surface area (Å²) in [5.74, 6) is 3.84. The molecular formula is C17H17NO2. The molecule has 0 radical (unpaired) electrons. The summed E-state index contributed by atoms with van der Waals surface area (Å²) in [6, 6.07) is 14.8. The molecule has 0 aliphatic carbocycles. The Morgan fingerprint density at radius 2 is 1.65 bits per heavy atom. The lowest BCUT2D eigenvalue weighted by molar-refractivity contribution is 0.0911. The largest absolute Gasteiger partial charge is 0.496 e. The fraction of sp³-hybridized carbons (Fsp3) is 0.176. The molecule has 0 aromatic heterocycles. The highest BCUT2D eigenvalue weighted by Gasteiger charge is 2.27. The molecule has 2 N–H and O–H groups in total. The number of hydrogen-bond acceptors (Lipinski definition) is 3. The van der Waals surface area contributed by atoms with E-state index in [0.717, 1.165) is 5.56 Å². The summed E-state index contributed by atoms with van der Waals surface area (Å²) < 4.78 is 11.2. The summed E-state index contributed by atoms with van der Waals surface area (Å²) in [6.07, 6.45) is 5.47. The highest BCUT2D eigenvalue weighted by atomic mass is 16.5. The van der Waals surface area contributed by atoms with Gasteiger partial charge in [0.05, 0.1) is 18.2 Å². The quantitative estimate of drug-likeness (QED) is 0.684. The van der Waals surface area contributed by atoms with E-state index in [1.807, 2.05) is 42.5 Å². The minimum absolute atomic E-state index is 0.575. The van der Waals surface area contributed by atoms with E-state index in [2.05, 4.69) is 5.92 Å². The van der Waals surface area contributed by atoms with Crippen LogP contribution in [0.15, 0.2) is 48.5 Å². The van der Waals surface area contributed by atoms with Crippen LogP contribution in [0.5, 0.6) is 11.5 Å². The van der Waals surface area contributed by atoms with E-state index in [-0.39, 0.29) is 0 Å². The molecule has 102 valence electrons. The Morgan fingerprint density at radius 1 is 1.05 bits per heavy atom. The molecule has 3 heteroatoms. The zero-order valence-electron chi connectivity index (χ0n) is 11.6. The maximum absolute atomic E-state index is 6.30. The second-order valence-corrected chi connectivity index (χ2v) is 4.55. The molecule has 3 nitrogen and oxygen atoms in total. The van der Waals surface area contributed by atoms with Gasteiger partial charge in [0.2, 0.25) is 0 Å². The van der Waals surface area contributed by atoms with Gasteiger partial charge in [-0.25, -0.2) is 0 Å². The van der Waals surface area contributed by atoms with E-state index < -0.39 is 5.72 Å². The third kappa shape index (κ3) is 2.76. The van der Waals surface area contributed by atoms with Crippen molar-refractivity contribution in [2.24, 2.45) is 5.73 Å². The molecule has 0 bridgehead atoms. The van der Waals surface area contributed by atoms with Gasteiger partial charge in [-0.15, -0.1) is 6.42 Å². The molecule has 2 rings (SSSR count). The van der Waals surface area contributed by atoms with Gasteiger partial charge >= 0.3 is 0 Å². The molecule has 0 aliphatic rings. The SMILES string of the molecule is C#Cc1ccccc1OC(C)(N)c1ccccc1OC. The summed E-state index contributed by atoms with van der Waals surface area (Å²) >= 11 is 0. The van der Waals surface area contributed by atoms with Gasteiger partial charge in [0.25, 0.3) is 0 Å². The standard InChI is InChI=1S/C17H17NO2/c1-4-13-9-5-7-11-15(13)20-17(2,18)14-10-6-8-12-16(14)19-3/h1,5-12H,18H2,2-3H3. The maximum Gasteiger partial charge on any atom is 0.185 e. The van der Waals surface area contributed by atoms with Crippen molar-refractivity contribution in [1.29, 1.82) is 0 Å². The van der Waals surface area contributed by atoms with Gasteiger partial charge in [0.15, 0.2) is 5.72 Å².